The van der Waals surface area contributed by atoms with Gasteiger partial charge in [0.05, 0.1) is 6.10 Å². The van der Waals surface area contributed by atoms with Gasteiger partial charge in [-0.05, 0) is 19.3 Å². The molecule has 0 rings (SSSR count). The second-order valence-corrected chi connectivity index (χ2v) is 2.48. The van der Waals surface area contributed by atoms with E-state index in [1.807, 2.05) is 6.92 Å². The Labute approximate surface area is 73.8 Å². The van der Waals surface area contributed by atoms with E-state index in [9.17, 15) is 0 Å². The number of rotatable bonds is 2. The maximum atomic E-state index is 8.72. The quantitative estimate of drug-likeness (QED) is 0.546. The zero-order valence-corrected chi connectivity index (χ0v) is 8.31. The van der Waals surface area contributed by atoms with Crippen molar-refractivity contribution >= 4 is 29.6 Å². The predicted octanol–water partition coefficient (Wildman–Crippen LogP) is 1.03. The Hall–Kier alpha value is 0.960. The molecule has 2 heteroatoms. The van der Waals surface area contributed by atoms with Crippen molar-refractivity contribution in [3.8, 4) is 0 Å². The van der Waals surface area contributed by atoms with Gasteiger partial charge in [-0.1, -0.05) is 13.8 Å². The molecule has 0 fully saturated rings. The van der Waals surface area contributed by atoms with Gasteiger partial charge in [0.1, 0.15) is 0 Å². The van der Waals surface area contributed by atoms with Crippen LogP contribution < -0.4 is 0 Å². The van der Waals surface area contributed by atoms with Gasteiger partial charge in [0.15, 0.2) is 0 Å². The molecule has 0 heterocycles. The van der Waals surface area contributed by atoms with Gasteiger partial charge in [0, 0.05) is 29.6 Å². The molecule has 8 heavy (non-hydrogen) atoms. The number of hydrogen-bond acceptors (Lipinski definition) is 1. The van der Waals surface area contributed by atoms with Crippen LogP contribution in [0.4, 0.5) is 0 Å². The van der Waals surface area contributed by atoms with E-state index < -0.39 is 0 Å². The molecule has 1 nitrogen and oxygen atoms in total. The van der Waals surface area contributed by atoms with Crippen molar-refractivity contribution < 1.29 is 5.11 Å². The maximum Gasteiger partial charge on any atom is 0.0514 e. The molecular weight excluding hydrogens is 111 g/mol. The zero-order valence-electron chi connectivity index (χ0n) is 6.31. The summed E-state index contributed by atoms with van der Waals surface area (Å²) in [5.41, 5.74) is 0. The number of aliphatic hydroxyl groups excluding tert-OH is 1. The first-order valence-electron chi connectivity index (χ1n) is 2.81. The average molecular weight is 125 g/mol. The average Bonchev–Trinajstić information content (AvgIpc) is 1.27. The first-order valence-corrected chi connectivity index (χ1v) is 2.81. The summed E-state index contributed by atoms with van der Waals surface area (Å²) in [7, 11) is 0. The molecule has 45 valence electrons. The molecule has 0 amide bonds. The van der Waals surface area contributed by atoms with E-state index in [0.717, 1.165) is 6.42 Å². The Bertz CT molecular complexity index is 37.8. The van der Waals surface area contributed by atoms with Gasteiger partial charge >= 0.3 is 0 Å². The van der Waals surface area contributed by atoms with E-state index in [1.165, 1.54) is 0 Å². The molecule has 0 aromatic carbocycles. The van der Waals surface area contributed by atoms with Gasteiger partial charge < -0.3 is 5.11 Å². The van der Waals surface area contributed by atoms with Crippen molar-refractivity contribution in [3.63, 3.8) is 0 Å². The minimum atomic E-state index is -0.125. The maximum absolute atomic E-state index is 8.72. The molecule has 0 aromatic heterocycles. The fourth-order valence-electron chi connectivity index (χ4n) is 0.682. The molecule has 1 radical (unpaired) electrons. The summed E-state index contributed by atoms with van der Waals surface area (Å²) in [5, 5.41) is 8.72. The fraction of sp³-hybridized carbons (Fsp3) is 1.00. The predicted molar refractivity (Wildman–Crippen MR) is 36.9 cm³/mol. The van der Waals surface area contributed by atoms with E-state index in [4.69, 9.17) is 5.11 Å². The van der Waals surface area contributed by atoms with E-state index in [2.05, 4.69) is 13.8 Å². The molecule has 0 aliphatic rings. The summed E-state index contributed by atoms with van der Waals surface area (Å²) in [4.78, 5) is 0. The second-order valence-electron chi connectivity index (χ2n) is 2.48. The minimum absolute atomic E-state index is 0. The van der Waals surface area contributed by atoms with Crippen LogP contribution >= 0.6 is 0 Å². The molecule has 0 aliphatic carbocycles. The summed E-state index contributed by atoms with van der Waals surface area (Å²) < 4.78 is 0. The molecule has 1 N–H and O–H groups in total. The summed E-state index contributed by atoms with van der Waals surface area (Å²) >= 11 is 0. The molecule has 1 atom stereocenters. The van der Waals surface area contributed by atoms with Crippen LogP contribution in [-0.4, -0.2) is 40.8 Å². The Morgan fingerprint density at radius 2 is 1.62 bits per heavy atom. The Balaban J connectivity index is 0. The largest absolute Gasteiger partial charge is 0.393 e. The SMILES string of the molecule is CC(C)CC(C)O.[Na]. The normalized spacial score (nSPS) is 13.1. The van der Waals surface area contributed by atoms with Crippen molar-refractivity contribution in [2.24, 2.45) is 5.92 Å². The van der Waals surface area contributed by atoms with Crippen LogP contribution in [0.1, 0.15) is 27.2 Å². The number of hydrogen-bond donors (Lipinski definition) is 1. The summed E-state index contributed by atoms with van der Waals surface area (Å²) in [6, 6.07) is 0. The van der Waals surface area contributed by atoms with Gasteiger partial charge in [0.2, 0.25) is 0 Å². The second kappa shape index (κ2) is 6.09. The van der Waals surface area contributed by atoms with Crippen LogP contribution in [0.5, 0.6) is 0 Å². The van der Waals surface area contributed by atoms with Crippen LogP contribution in [0.2, 0.25) is 0 Å². The van der Waals surface area contributed by atoms with E-state index in [1.54, 1.807) is 0 Å². The van der Waals surface area contributed by atoms with Crippen LogP contribution in [0.3, 0.4) is 0 Å². The smallest absolute Gasteiger partial charge is 0.0514 e. The van der Waals surface area contributed by atoms with E-state index in [-0.39, 0.29) is 35.7 Å². The van der Waals surface area contributed by atoms with Crippen molar-refractivity contribution in [2.75, 3.05) is 0 Å². The molecule has 0 aromatic rings. The summed E-state index contributed by atoms with van der Waals surface area (Å²) in [5.74, 6) is 0.625. The molecule has 0 aliphatic heterocycles. The monoisotopic (exact) mass is 125 g/mol. The van der Waals surface area contributed by atoms with Crippen LogP contribution in [-0.2, 0) is 0 Å². The van der Waals surface area contributed by atoms with Gasteiger partial charge in [-0.15, -0.1) is 0 Å². The van der Waals surface area contributed by atoms with Crippen molar-refractivity contribution in [1.82, 2.24) is 0 Å². The van der Waals surface area contributed by atoms with Crippen LogP contribution in [0.25, 0.3) is 0 Å². The molecular formula is C6H14NaO. The third kappa shape index (κ3) is 10.0. The Morgan fingerprint density at radius 1 is 1.25 bits per heavy atom. The van der Waals surface area contributed by atoms with Crippen molar-refractivity contribution in [2.45, 2.75) is 33.3 Å². The topological polar surface area (TPSA) is 20.2 Å². The Kier molecular flexibility index (Phi) is 8.92. The van der Waals surface area contributed by atoms with Gasteiger partial charge in [-0.25, -0.2) is 0 Å². The molecule has 0 saturated carbocycles. The third-order valence-electron chi connectivity index (χ3n) is 0.813. The van der Waals surface area contributed by atoms with E-state index in [0.29, 0.717) is 5.92 Å². The van der Waals surface area contributed by atoms with Gasteiger partial charge in [0.25, 0.3) is 0 Å². The third-order valence-corrected chi connectivity index (χ3v) is 0.813. The molecule has 0 spiro atoms. The van der Waals surface area contributed by atoms with Gasteiger partial charge in [-0.2, -0.15) is 0 Å². The van der Waals surface area contributed by atoms with Crippen molar-refractivity contribution in [3.05, 3.63) is 0 Å². The van der Waals surface area contributed by atoms with Crippen molar-refractivity contribution in [1.29, 1.82) is 0 Å². The van der Waals surface area contributed by atoms with Crippen LogP contribution in [0, 0.1) is 5.92 Å². The zero-order chi connectivity index (χ0) is 5.86. The fourth-order valence-corrected chi connectivity index (χ4v) is 0.682. The summed E-state index contributed by atoms with van der Waals surface area (Å²) in [6.07, 6.45) is 0.792. The minimum Gasteiger partial charge on any atom is -0.393 e. The summed E-state index contributed by atoms with van der Waals surface area (Å²) in [6.45, 7) is 6.03. The first-order chi connectivity index (χ1) is 3.13. The number of aliphatic hydroxyl groups is 1. The van der Waals surface area contributed by atoms with Crippen LogP contribution in [0.15, 0.2) is 0 Å². The van der Waals surface area contributed by atoms with Gasteiger partial charge in [-0.3, -0.25) is 0 Å². The van der Waals surface area contributed by atoms with E-state index >= 15 is 0 Å². The first kappa shape index (κ1) is 11.7. The Morgan fingerprint density at radius 3 is 1.62 bits per heavy atom. The standard InChI is InChI=1S/C6H14O.Na/c1-5(2)4-6(3)7;/h5-7H,4H2,1-3H3;. The molecule has 0 saturated heterocycles. The molecule has 0 bridgehead atoms. The molecule has 1 unspecified atom stereocenters.